The predicted molar refractivity (Wildman–Crippen MR) is 78.8 cm³/mol. The van der Waals surface area contributed by atoms with Crippen molar-refractivity contribution >= 4 is 23.4 Å². The third-order valence-corrected chi connectivity index (χ3v) is 3.54. The third kappa shape index (κ3) is 4.09. The van der Waals surface area contributed by atoms with E-state index in [-0.39, 0.29) is 5.91 Å². The summed E-state index contributed by atoms with van der Waals surface area (Å²) in [6.07, 6.45) is 1.13. The monoisotopic (exact) mass is 291 g/mol. The number of hydrogen-bond acceptors (Lipinski definition) is 5. The van der Waals surface area contributed by atoms with Gasteiger partial charge < -0.3 is 9.73 Å². The third-order valence-electron chi connectivity index (χ3n) is 2.72. The Bertz CT molecular complexity index is 583. The molecule has 0 unspecified atom stereocenters. The van der Waals surface area contributed by atoms with Crippen LogP contribution in [0.15, 0.2) is 33.9 Å². The van der Waals surface area contributed by atoms with Crippen molar-refractivity contribution < 1.29 is 9.21 Å². The summed E-state index contributed by atoms with van der Waals surface area (Å²) in [6.45, 7) is 3.92. The second-order valence-corrected chi connectivity index (χ2v) is 5.32. The Morgan fingerprint density at radius 1 is 1.35 bits per heavy atom. The van der Waals surface area contributed by atoms with E-state index in [2.05, 4.69) is 15.5 Å². The first kappa shape index (κ1) is 14.6. The van der Waals surface area contributed by atoms with Crippen molar-refractivity contribution in [2.75, 3.05) is 11.1 Å². The number of benzene rings is 1. The number of carbonyl (C=O) groups is 1. The van der Waals surface area contributed by atoms with E-state index in [0.29, 0.717) is 23.3 Å². The first-order valence-corrected chi connectivity index (χ1v) is 7.48. The van der Waals surface area contributed by atoms with Crippen LogP contribution in [-0.4, -0.2) is 21.9 Å². The summed E-state index contributed by atoms with van der Waals surface area (Å²) < 4.78 is 5.36. The Morgan fingerprint density at radius 3 is 2.85 bits per heavy atom. The van der Waals surface area contributed by atoms with Gasteiger partial charge in [0.15, 0.2) is 0 Å². The molecule has 0 saturated carbocycles. The van der Waals surface area contributed by atoms with E-state index in [1.54, 1.807) is 0 Å². The van der Waals surface area contributed by atoms with Gasteiger partial charge in [0.2, 0.25) is 11.8 Å². The second kappa shape index (κ2) is 7.09. The van der Waals surface area contributed by atoms with E-state index in [9.17, 15) is 4.79 Å². The molecule has 0 radical (unpaired) electrons. The molecule has 0 bridgehead atoms. The zero-order chi connectivity index (χ0) is 14.4. The predicted octanol–water partition coefficient (Wildman–Crippen LogP) is 3.06. The van der Waals surface area contributed by atoms with Crippen molar-refractivity contribution in [2.45, 2.75) is 31.9 Å². The summed E-state index contributed by atoms with van der Waals surface area (Å²) in [6, 6.07) is 7.71. The molecule has 0 aliphatic rings. The van der Waals surface area contributed by atoms with Crippen LogP contribution in [0.4, 0.5) is 5.69 Å². The van der Waals surface area contributed by atoms with E-state index in [4.69, 9.17) is 4.42 Å². The van der Waals surface area contributed by atoms with Crippen LogP contribution in [0.1, 0.15) is 24.8 Å². The minimum absolute atomic E-state index is 0.0120. The molecule has 0 aliphatic heterocycles. The van der Waals surface area contributed by atoms with Gasteiger partial charge in [0.05, 0.1) is 0 Å². The summed E-state index contributed by atoms with van der Waals surface area (Å²) in [5.41, 5.74) is 1.91. The molecule has 0 saturated heterocycles. The molecule has 2 rings (SSSR count). The largest absolute Gasteiger partial charge is 0.416 e. The maximum absolute atomic E-state index is 11.8. The van der Waals surface area contributed by atoms with Crippen molar-refractivity contribution in [1.29, 1.82) is 0 Å². The molecule has 1 aromatic heterocycles. The average Bonchev–Trinajstić information content (AvgIpc) is 2.89. The molecule has 1 N–H and O–H groups in total. The Morgan fingerprint density at radius 2 is 2.15 bits per heavy atom. The minimum Gasteiger partial charge on any atom is -0.416 e. The lowest BCUT2D eigenvalue weighted by molar-refractivity contribution is -0.115. The van der Waals surface area contributed by atoms with Crippen molar-refractivity contribution in [3.05, 3.63) is 35.7 Å². The first-order valence-electron chi connectivity index (χ1n) is 6.49. The van der Waals surface area contributed by atoms with Crippen LogP contribution in [0.5, 0.6) is 0 Å². The molecule has 1 aromatic carbocycles. The topological polar surface area (TPSA) is 68.0 Å². The molecule has 0 atom stereocenters. The fraction of sp³-hybridized carbons (Fsp3) is 0.357. The Labute approximate surface area is 122 Å². The summed E-state index contributed by atoms with van der Waals surface area (Å²) in [7, 11) is 0. The van der Waals surface area contributed by atoms with Crippen LogP contribution in [0.3, 0.4) is 0 Å². The summed E-state index contributed by atoms with van der Waals surface area (Å²) >= 11 is 1.40. The van der Waals surface area contributed by atoms with Gasteiger partial charge in [-0.15, -0.1) is 10.2 Å². The lowest BCUT2D eigenvalue weighted by Crippen LogP contribution is -2.12. The van der Waals surface area contributed by atoms with Crippen LogP contribution < -0.4 is 5.32 Å². The number of hydrogen-bond donors (Lipinski definition) is 1. The second-order valence-electron chi connectivity index (χ2n) is 4.28. The van der Waals surface area contributed by atoms with Gasteiger partial charge in [-0.3, -0.25) is 4.79 Å². The first-order chi connectivity index (χ1) is 9.69. The van der Waals surface area contributed by atoms with E-state index in [0.717, 1.165) is 17.7 Å². The maximum Gasteiger partial charge on any atom is 0.276 e. The maximum atomic E-state index is 11.8. The molecule has 0 aliphatic carbocycles. The SMILES string of the molecule is CCc1nnc(SCCC(=O)Nc2ccccc2C)o1. The van der Waals surface area contributed by atoms with Gasteiger partial charge >= 0.3 is 0 Å². The van der Waals surface area contributed by atoms with Crippen molar-refractivity contribution in [3.63, 3.8) is 0 Å². The number of thioether (sulfide) groups is 1. The van der Waals surface area contributed by atoms with Gasteiger partial charge in [0, 0.05) is 24.3 Å². The van der Waals surface area contributed by atoms with Gasteiger partial charge in [0.25, 0.3) is 5.22 Å². The molecule has 1 heterocycles. The molecule has 6 heteroatoms. The average molecular weight is 291 g/mol. The number of para-hydroxylation sites is 1. The van der Waals surface area contributed by atoms with Gasteiger partial charge in [0.1, 0.15) is 0 Å². The summed E-state index contributed by atoms with van der Waals surface area (Å²) in [5, 5.41) is 11.2. The number of nitrogens with one attached hydrogen (secondary N) is 1. The van der Waals surface area contributed by atoms with E-state index in [1.165, 1.54) is 11.8 Å². The van der Waals surface area contributed by atoms with Gasteiger partial charge in [-0.05, 0) is 18.6 Å². The van der Waals surface area contributed by atoms with Crippen molar-refractivity contribution in [2.24, 2.45) is 0 Å². The minimum atomic E-state index is -0.0120. The number of aromatic nitrogens is 2. The van der Waals surface area contributed by atoms with Gasteiger partial charge in [-0.25, -0.2) is 0 Å². The molecule has 106 valence electrons. The van der Waals surface area contributed by atoms with E-state index < -0.39 is 0 Å². The van der Waals surface area contributed by atoms with Gasteiger partial charge in [-0.1, -0.05) is 36.9 Å². The molecule has 1 amide bonds. The molecule has 5 nitrogen and oxygen atoms in total. The number of carbonyl (C=O) groups excluding carboxylic acids is 1. The van der Waals surface area contributed by atoms with Crippen LogP contribution in [0, 0.1) is 6.92 Å². The van der Waals surface area contributed by atoms with Crippen LogP contribution in [0.25, 0.3) is 0 Å². The highest BCUT2D eigenvalue weighted by Gasteiger charge is 2.08. The number of nitrogens with zero attached hydrogens (tertiary/aromatic N) is 2. The number of amides is 1. The van der Waals surface area contributed by atoms with Crippen molar-refractivity contribution in [1.82, 2.24) is 10.2 Å². The summed E-state index contributed by atoms with van der Waals surface area (Å²) in [5.74, 6) is 1.22. The van der Waals surface area contributed by atoms with Crippen LogP contribution in [-0.2, 0) is 11.2 Å². The number of anilines is 1. The highest BCUT2D eigenvalue weighted by Crippen LogP contribution is 2.18. The lowest BCUT2D eigenvalue weighted by Gasteiger charge is -2.07. The van der Waals surface area contributed by atoms with Gasteiger partial charge in [-0.2, -0.15) is 0 Å². The number of rotatable bonds is 6. The molecule has 0 fully saturated rings. The lowest BCUT2D eigenvalue weighted by atomic mass is 10.2. The normalized spacial score (nSPS) is 10.5. The molecule has 2 aromatic rings. The zero-order valence-corrected chi connectivity index (χ0v) is 12.4. The quantitative estimate of drug-likeness (QED) is 0.828. The number of aryl methyl sites for hydroxylation is 2. The molecular formula is C14H17N3O2S. The Hall–Kier alpha value is -1.82. The Kier molecular flexibility index (Phi) is 5.17. The molecule has 0 spiro atoms. The smallest absolute Gasteiger partial charge is 0.276 e. The molecular weight excluding hydrogens is 274 g/mol. The highest BCUT2D eigenvalue weighted by molar-refractivity contribution is 7.99. The van der Waals surface area contributed by atoms with E-state index in [1.807, 2.05) is 38.1 Å². The summed E-state index contributed by atoms with van der Waals surface area (Å²) in [4.78, 5) is 11.8. The standard InChI is InChI=1S/C14H17N3O2S/c1-3-13-16-17-14(19-13)20-9-8-12(18)15-11-7-5-4-6-10(11)2/h4-7H,3,8-9H2,1-2H3,(H,15,18). The highest BCUT2D eigenvalue weighted by atomic mass is 32.2. The van der Waals surface area contributed by atoms with Crippen molar-refractivity contribution in [3.8, 4) is 0 Å². The fourth-order valence-electron chi connectivity index (χ4n) is 1.60. The fourth-order valence-corrected chi connectivity index (χ4v) is 2.31. The van der Waals surface area contributed by atoms with Crippen LogP contribution in [0.2, 0.25) is 0 Å². The van der Waals surface area contributed by atoms with E-state index >= 15 is 0 Å². The Balaban J connectivity index is 1.77. The molecule has 20 heavy (non-hydrogen) atoms. The van der Waals surface area contributed by atoms with Crippen LogP contribution >= 0.6 is 11.8 Å². The zero-order valence-electron chi connectivity index (χ0n) is 11.5.